The number of aromatic nitrogens is 1. The summed E-state index contributed by atoms with van der Waals surface area (Å²) in [5, 5.41) is 1.01. The van der Waals surface area contributed by atoms with Crippen LogP contribution in [-0.4, -0.2) is 22.3 Å². The molecular weight excluding hydrogens is 284 g/mol. The first kappa shape index (κ1) is 14.1. The van der Waals surface area contributed by atoms with Crippen molar-refractivity contribution in [2.45, 2.75) is 25.8 Å². The number of carbonyl (C=O) groups is 1. The van der Waals surface area contributed by atoms with Gasteiger partial charge in [0.15, 0.2) is 0 Å². The van der Waals surface area contributed by atoms with Crippen LogP contribution in [-0.2, 0) is 0 Å². The van der Waals surface area contributed by atoms with E-state index in [0.717, 1.165) is 35.9 Å². The summed E-state index contributed by atoms with van der Waals surface area (Å²) in [5.41, 5.74) is 4.35. The molecule has 1 N–H and O–H groups in total. The van der Waals surface area contributed by atoms with E-state index in [1.165, 1.54) is 11.1 Å². The summed E-state index contributed by atoms with van der Waals surface area (Å²) >= 11 is 0. The molecule has 1 aliphatic rings. The van der Waals surface area contributed by atoms with Crippen LogP contribution in [0, 0.1) is 6.92 Å². The van der Waals surface area contributed by atoms with E-state index in [1.54, 1.807) is 0 Å². The van der Waals surface area contributed by atoms with E-state index in [1.807, 2.05) is 35.4 Å². The number of benzene rings is 2. The normalized spacial score (nSPS) is 17.8. The maximum atomic E-state index is 13.2. The Hall–Kier alpha value is -2.55. The summed E-state index contributed by atoms with van der Waals surface area (Å²) in [6, 6.07) is 16.5. The second-order valence-electron chi connectivity index (χ2n) is 6.26. The fourth-order valence-corrected chi connectivity index (χ4v) is 3.72. The fourth-order valence-electron chi connectivity index (χ4n) is 3.72. The number of carbonyl (C=O) groups excluding carboxylic acids is 1. The Bertz CT molecular complexity index is 865. The number of fused-ring (bicyclic) bond motifs is 1. The average molecular weight is 304 g/mol. The maximum Gasteiger partial charge on any atom is 0.255 e. The van der Waals surface area contributed by atoms with Gasteiger partial charge in [-0.25, -0.2) is 0 Å². The smallest absolute Gasteiger partial charge is 0.255 e. The zero-order valence-electron chi connectivity index (χ0n) is 13.3. The molecule has 0 saturated carbocycles. The van der Waals surface area contributed by atoms with Gasteiger partial charge in [-0.2, -0.15) is 0 Å². The Morgan fingerprint density at radius 1 is 1.13 bits per heavy atom. The standard InChI is InChI=1S/C20H20N2O/c1-14-6-2-3-7-15(14)19-10-5-13-22(19)20(23)17-8-4-9-18-16(17)11-12-21-18/h2-4,6-9,11-12,19,21H,5,10,13H2,1H3. The van der Waals surface area contributed by atoms with Crippen molar-refractivity contribution in [2.75, 3.05) is 6.54 Å². The van der Waals surface area contributed by atoms with Gasteiger partial charge in [-0.1, -0.05) is 30.3 Å². The number of aryl methyl sites for hydroxylation is 1. The maximum absolute atomic E-state index is 13.2. The van der Waals surface area contributed by atoms with Crippen molar-refractivity contribution in [3.05, 3.63) is 71.4 Å². The molecule has 23 heavy (non-hydrogen) atoms. The van der Waals surface area contributed by atoms with Gasteiger partial charge in [-0.15, -0.1) is 0 Å². The molecule has 1 amide bonds. The van der Waals surface area contributed by atoms with Crippen LogP contribution in [0.4, 0.5) is 0 Å². The quantitative estimate of drug-likeness (QED) is 0.746. The minimum absolute atomic E-state index is 0.140. The summed E-state index contributed by atoms with van der Waals surface area (Å²) in [6.45, 7) is 2.96. The van der Waals surface area contributed by atoms with Gasteiger partial charge in [0, 0.05) is 29.2 Å². The fraction of sp³-hybridized carbons (Fsp3) is 0.250. The van der Waals surface area contributed by atoms with Crippen molar-refractivity contribution in [1.29, 1.82) is 0 Å². The van der Waals surface area contributed by atoms with Gasteiger partial charge in [-0.05, 0) is 49.1 Å². The molecule has 1 fully saturated rings. The highest BCUT2D eigenvalue weighted by Gasteiger charge is 2.31. The molecule has 0 bridgehead atoms. The molecular formula is C20H20N2O. The van der Waals surface area contributed by atoms with E-state index in [2.05, 4.69) is 36.2 Å². The highest BCUT2D eigenvalue weighted by molar-refractivity contribution is 6.06. The summed E-state index contributed by atoms with van der Waals surface area (Å²) in [5.74, 6) is 0.140. The molecule has 1 atom stereocenters. The minimum Gasteiger partial charge on any atom is -0.361 e. The van der Waals surface area contributed by atoms with Crippen molar-refractivity contribution in [3.63, 3.8) is 0 Å². The molecule has 116 valence electrons. The lowest BCUT2D eigenvalue weighted by Crippen LogP contribution is -2.31. The SMILES string of the molecule is Cc1ccccc1C1CCCN1C(=O)c1cccc2[nH]ccc12. The monoisotopic (exact) mass is 304 g/mol. The Labute approximate surface area is 135 Å². The van der Waals surface area contributed by atoms with Crippen molar-refractivity contribution in [3.8, 4) is 0 Å². The molecule has 2 aromatic carbocycles. The van der Waals surface area contributed by atoms with Crippen molar-refractivity contribution < 1.29 is 4.79 Å². The number of rotatable bonds is 2. The molecule has 1 unspecified atom stereocenters. The lowest BCUT2D eigenvalue weighted by Gasteiger charge is -2.26. The number of nitrogens with zero attached hydrogens (tertiary/aromatic N) is 1. The van der Waals surface area contributed by atoms with E-state index in [9.17, 15) is 4.79 Å². The lowest BCUT2D eigenvalue weighted by atomic mass is 9.98. The number of likely N-dealkylation sites (tertiary alicyclic amines) is 1. The summed E-state index contributed by atoms with van der Waals surface area (Å²) < 4.78 is 0. The van der Waals surface area contributed by atoms with Gasteiger partial charge in [0.05, 0.1) is 6.04 Å². The van der Waals surface area contributed by atoms with Crippen molar-refractivity contribution >= 4 is 16.8 Å². The lowest BCUT2D eigenvalue weighted by molar-refractivity contribution is 0.0737. The molecule has 3 heteroatoms. The third-order valence-electron chi connectivity index (χ3n) is 4.89. The first-order valence-electron chi connectivity index (χ1n) is 8.18. The predicted octanol–water partition coefficient (Wildman–Crippen LogP) is 4.45. The Balaban J connectivity index is 1.73. The highest BCUT2D eigenvalue weighted by Crippen LogP contribution is 2.35. The third kappa shape index (κ3) is 2.33. The second kappa shape index (κ2) is 5.58. The Morgan fingerprint density at radius 2 is 2.00 bits per heavy atom. The van der Waals surface area contributed by atoms with Gasteiger partial charge in [0.1, 0.15) is 0 Å². The molecule has 2 heterocycles. The zero-order valence-corrected chi connectivity index (χ0v) is 13.3. The molecule has 3 aromatic rings. The van der Waals surface area contributed by atoms with Crippen LogP contribution in [0.3, 0.4) is 0 Å². The average Bonchev–Trinajstić information content (AvgIpc) is 3.23. The van der Waals surface area contributed by atoms with Gasteiger partial charge < -0.3 is 9.88 Å². The number of hydrogen-bond donors (Lipinski definition) is 1. The van der Waals surface area contributed by atoms with Gasteiger partial charge in [-0.3, -0.25) is 4.79 Å². The number of aromatic amines is 1. The van der Waals surface area contributed by atoms with E-state index in [4.69, 9.17) is 0 Å². The first-order chi connectivity index (χ1) is 11.3. The van der Waals surface area contributed by atoms with Crippen molar-refractivity contribution in [1.82, 2.24) is 9.88 Å². The van der Waals surface area contributed by atoms with Gasteiger partial charge >= 0.3 is 0 Å². The molecule has 1 saturated heterocycles. The third-order valence-corrected chi connectivity index (χ3v) is 4.89. The topological polar surface area (TPSA) is 36.1 Å². The zero-order chi connectivity index (χ0) is 15.8. The first-order valence-corrected chi connectivity index (χ1v) is 8.18. The van der Waals surface area contributed by atoms with Crippen molar-refractivity contribution in [2.24, 2.45) is 0 Å². The van der Waals surface area contributed by atoms with Crippen LogP contribution >= 0.6 is 0 Å². The molecule has 4 rings (SSSR count). The van der Waals surface area contributed by atoms with Gasteiger partial charge in [0.2, 0.25) is 0 Å². The Morgan fingerprint density at radius 3 is 2.87 bits per heavy atom. The Kier molecular flexibility index (Phi) is 3.41. The van der Waals surface area contributed by atoms with E-state index in [0.29, 0.717) is 0 Å². The van der Waals surface area contributed by atoms with Gasteiger partial charge in [0.25, 0.3) is 5.91 Å². The van der Waals surface area contributed by atoms with Crippen LogP contribution < -0.4 is 0 Å². The van der Waals surface area contributed by atoms with Crippen LogP contribution in [0.25, 0.3) is 10.9 Å². The predicted molar refractivity (Wildman–Crippen MR) is 92.5 cm³/mol. The molecule has 3 nitrogen and oxygen atoms in total. The minimum atomic E-state index is 0.140. The summed E-state index contributed by atoms with van der Waals surface area (Å²) in [4.78, 5) is 18.4. The molecule has 0 radical (unpaired) electrons. The van der Waals surface area contributed by atoms with Crippen LogP contribution in [0.5, 0.6) is 0 Å². The number of H-pyrrole nitrogens is 1. The van der Waals surface area contributed by atoms with E-state index in [-0.39, 0.29) is 11.9 Å². The number of nitrogens with one attached hydrogen (secondary N) is 1. The molecule has 1 aromatic heterocycles. The number of hydrogen-bond acceptors (Lipinski definition) is 1. The van der Waals surface area contributed by atoms with Crippen LogP contribution in [0.1, 0.15) is 40.4 Å². The summed E-state index contributed by atoms with van der Waals surface area (Å²) in [7, 11) is 0. The molecule has 0 aliphatic carbocycles. The van der Waals surface area contributed by atoms with E-state index < -0.39 is 0 Å². The number of amides is 1. The largest absolute Gasteiger partial charge is 0.361 e. The van der Waals surface area contributed by atoms with Crippen LogP contribution in [0.2, 0.25) is 0 Å². The second-order valence-corrected chi connectivity index (χ2v) is 6.26. The summed E-state index contributed by atoms with van der Waals surface area (Å²) in [6.07, 6.45) is 4.00. The molecule has 1 aliphatic heterocycles. The molecule has 0 spiro atoms. The van der Waals surface area contributed by atoms with Crippen LogP contribution in [0.15, 0.2) is 54.7 Å². The highest BCUT2D eigenvalue weighted by atomic mass is 16.2. The van der Waals surface area contributed by atoms with E-state index >= 15 is 0 Å².